The maximum absolute atomic E-state index is 10.4. The fourth-order valence-electron chi connectivity index (χ4n) is 0.728. The maximum Gasteiger partial charge on any atom is 0.337 e. The molecule has 0 amide bonds. The standard InChI is InChI=1S/C7H6ClNO2.C2H5/c8-4-1-2-5(7(10)11)6(9)3-4;1-2/h1-3H,9H2,(H,10,11);1H2,2H3/q;+1. The van der Waals surface area contributed by atoms with E-state index in [2.05, 4.69) is 6.92 Å². The molecule has 3 N–H and O–H groups in total. The summed E-state index contributed by atoms with van der Waals surface area (Å²) in [6.45, 7) is 5.00. The van der Waals surface area contributed by atoms with Crippen molar-refractivity contribution in [3.63, 3.8) is 0 Å². The van der Waals surface area contributed by atoms with E-state index in [0.29, 0.717) is 5.02 Å². The summed E-state index contributed by atoms with van der Waals surface area (Å²) in [5.74, 6) is -1.04. The molecule has 0 aliphatic heterocycles. The maximum atomic E-state index is 10.4. The molecule has 0 unspecified atom stereocenters. The SMILES string of the molecule is Nc1cc(Cl)ccc1C(=O)O.[CH2+]C. The van der Waals surface area contributed by atoms with Crippen molar-refractivity contribution in [3.8, 4) is 0 Å². The molecule has 0 aromatic heterocycles. The molecule has 0 saturated carbocycles. The van der Waals surface area contributed by atoms with Crippen molar-refractivity contribution >= 4 is 23.3 Å². The zero-order valence-corrected chi connectivity index (χ0v) is 8.01. The Bertz CT molecular complexity index is 300. The number of halogens is 1. The lowest BCUT2D eigenvalue weighted by molar-refractivity contribution is 0.0698. The number of rotatable bonds is 1. The van der Waals surface area contributed by atoms with Gasteiger partial charge in [-0.15, -0.1) is 0 Å². The number of anilines is 1. The van der Waals surface area contributed by atoms with E-state index < -0.39 is 5.97 Å². The smallest absolute Gasteiger partial charge is 0.337 e. The fraction of sp³-hybridized carbons (Fsp3) is 0.111. The fourth-order valence-corrected chi connectivity index (χ4v) is 0.909. The van der Waals surface area contributed by atoms with E-state index in [-0.39, 0.29) is 11.3 Å². The van der Waals surface area contributed by atoms with Crippen LogP contribution in [0.4, 0.5) is 5.69 Å². The van der Waals surface area contributed by atoms with Gasteiger partial charge < -0.3 is 10.8 Å². The normalized spacial score (nSPS) is 8.46. The average molecular weight is 201 g/mol. The van der Waals surface area contributed by atoms with Gasteiger partial charge in [0.15, 0.2) is 0 Å². The first-order valence-electron chi connectivity index (χ1n) is 3.60. The molecule has 0 saturated heterocycles. The molecule has 1 aromatic rings. The van der Waals surface area contributed by atoms with Gasteiger partial charge in [0.1, 0.15) is 0 Å². The number of carboxylic acid groups (broad SMARTS) is 1. The summed E-state index contributed by atoms with van der Waals surface area (Å²) >= 11 is 5.55. The number of hydrogen-bond acceptors (Lipinski definition) is 2. The first-order chi connectivity index (χ1) is 6.11. The highest BCUT2D eigenvalue weighted by atomic mass is 35.5. The molecule has 1 aromatic carbocycles. The van der Waals surface area contributed by atoms with Gasteiger partial charge in [-0.1, -0.05) is 11.6 Å². The Kier molecular flexibility index (Phi) is 4.77. The zero-order valence-electron chi connectivity index (χ0n) is 7.25. The summed E-state index contributed by atoms with van der Waals surface area (Å²) in [5, 5.41) is 8.97. The predicted octanol–water partition coefficient (Wildman–Crippen LogP) is 2.46. The van der Waals surface area contributed by atoms with Crippen LogP contribution in [0, 0.1) is 6.92 Å². The molecule has 0 aliphatic rings. The Hall–Kier alpha value is -1.35. The van der Waals surface area contributed by atoms with Crippen LogP contribution < -0.4 is 5.73 Å². The van der Waals surface area contributed by atoms with Gasteiger partial charge in [-0.2, -0.15) is 0 Å². The highest BCUT2D eigenvalue weighted by Gasteiger charge is 2.06. The van der Waals surface area contributed by atoms with Gasteiger partial charge in [-0.05, 0) is 18.2 Å². The number of nitrogens with two attached hydrogens (primary N) is 1. The minimum Gasteiger partial charge on any atom is -0.478 e. The molecule has 0 heterocycles. The van der Waals surface area contributed by atoms with Crippen LogP contribution in [0.3, 0.4) is 0 Å². The summed E-state index contributed by atoms with van der Waals surface area (Å²) < 4.78 is 0. The number of carbonyl (C=O) groups is 1. The van der Waals surface area contributed by atoms with Crippen molar-refractivity contribution in [3.05, 3.63) is 35.7 Å². The Morgan fingerprint density at radius 1 is 1.54 bits per heavy atom. The van der Waals surface area contributed by atoms with Gasteiger partial charge in [0.05, 0.1) is 19.4 Å². The lowest BCUT2D eigenvalue weighted by Gasteiger charge is -1.98. The molecule has 70 valence electrons. The number of hydrogen-bond donors (Lipinski definition) is 2. The average Bonchev–Trinajstić information content (AvgIpc) is 2.07. The first kappa shape index (κ1) is 11.6. The van der Waals surface area contributed by atoms with Crippen LogP contribution in [0.5, 0.6) is 0 Å². The molecule has 0 bridgehead atoms. The minimum atomic E-state index is -1.04. The quantitative estimate of drug-likeness (QED) is 0.541. The van der Waals surface area contributed by atoms with Crippen LogP contribution in [0.25, 0.3) is 0 Å². The van der Waals surface area contributed by atoms with Gasteiger partial charge in [0.25, 0.3) is 0 Å². The topological polar surface area (TPSA) is 63.3 Å². The zero-order chi connectivity index (χ0) is 10.4. The molecule has 1 rings (SSSR count). The van der Waals surface area contributed by atoms with Gasteiger partial charge in [0, 0.05) is 10.7 Å². The number of carboxylic acids is 1. The van der Waals surface area contributed by atoms with Crippen molar-refractivity contribution in [2.75, 3.05) is 5.73 Å². The highest BCUT2D eigenvalue weighted by Crippen LogP contribution is 2.17. The van der Waals surface area contributed by atoms with Crippen LogP contribution in [0.2, 0.25) is 5.02 Å². The summed E-state index contributed by atoms with van der Waals surface area (Å²) in [6, 6.07) is 4.27. The molecule has 0 fully saturated rings. The summed E-state index contributed by atoms with van der Waals surface area (Å²) in [6.07, 6.45) is 0. The Labute approximate surface area is 82.1 Å². The molecule has 13 heavy (non-hydrogen) atoms. The van der Waals surface area contributed by atoms with Crippen LogP contribution in [-0.4, -0.2) is 11.1 Å². The molecule has 0 spiro atoms. The third kappa shape index (κ3) is 3.25. The Morgan fingerprint density at radius 2 is 2.08 bits per heavy atom. The summed E-state index contributed by atoms with van der Waals surface area (Å²) in [4.78, 5) is 10.4. The summed E-state index contributed by atoms with van der Waals surface area (Å²) in [5.41, 5.74) is 5.62. The second-order valence-corrected chi connectivity index (χ2v) is 2.47. The third-order valence-electron chi connectivity index (χ3n) is 1.24. The summed E-state index contributed by atoms with van der Waals surface area (Å²) in [7, 11) is 0. The van der Waals surface area contributed by atoms with E-state index in [0.717, 1.165) is 0 Å². The van der Waals surface area contributed by atoms with Crippen molar-refractivity contribution in [2.24, 2.45) is 0 Å². The van der Waals surface area contributed by atoms with Crippen molar-refractivity contribution in [1.82, 2.24) is 0 Å². The van der Waals surface area contributed by atoms with E-state index in [1.165, 1.54) is 18.2 Å². The van der Waals surface area contributed by atoms with E-state index in [1.807, 2.05) is 0 Å². The van der Waals surface area contributed by atoms with Crippen molar-refractivity contribution in [2.45, 2.75) is 6.92 Å². The van der Waals surface area contributed by atoms with Gasteiger partial charge in [-0.25, -0.2) is 4.79 Å². The van der Waals surface area contributed by atoms with Crippen LogP contribution in [0.15, 0.2) is 18.2 Å². The van der Waals surface area contributed by atoms with Crippen molar-refractivity contribution < 1.29 is 9.90 Å². The van der Waals surface area contributed by atoms with E-state index in [9.17, 15) is 4.79 Å². The number of benzene rings is 1. The molecule has 3 nitrogen and oxygen atoms in total. The second kappa shape index (κ2) is 5.32. The van der Waals surface area contributed by atoms with Crippen LogP contribution in [-0.2, 0) is 0 Å². The third-order valence-corrected chi connectivity index (χ3v) is 1.48. The van der Waals surface area contributed by atoms with E-state index >= 15 is 0 Å². The highest BCUT2D eigenvalue weighted by molar-refractivity contribution is 6.31. The van der Waals surface area contributed by atoms with Crippen LogP contribution >= 0.6 is 11.6 Å². The van der Waals surface area contributed by atoms with Crippen LogP contribution in [0.1, 0.15) is 17.3 Å². The molecular weight excluding hydrogens is 190 g/mol. The Morgan fingerprint density at radius 3 is 2.46 bits per heavy atom. The van der Waals surface area contributed by atoms with Gasteiger partial charge in [-0.3, -0.25) is 0 Å². The second-order valence-electron chi connectivity index (χ2n) is 2.04. The lowest BCUT2D eigenvalue weighted by Crippen LogP contribution is -2.01. The van der Waals surface area contributed by atoms with E-state index in [1.54, 1.807) is 6.92 Å². The monoisotopic (exact) mass is 200 g/mol. The predicted molar refractivity (Wildman–Crippen MR) is 53.9 cm³/mol. The molecule has 0 radical (unpaired) electrons. The van der Waals surface area contributed by atoms with Gasteiger partial charge >= 0.3 is 5.97 Å². The molecule has 0 aliphatic carbocycles. The van der Waals surface area contributed by atoms with Gasteiger partial charge in [0.2, 0.25) is 0 Å². The number of nitrogen functional groups attached to an aromatic ring is 1. The largest absolute Gasteiger partial charge is 0.478 e. The Balaban J connectivity index is 0.000000671. The van der Waals surface area contributed by atoms with Crippen molar-refractivity contribution in [1.29, 1.82) is 0 Å². The minimum absolute atomic E-state index is 0.0781. The number of aromatic carboxylic acids is 1. The molecule has 4 heteroatoms. The lowest BCUT2D eigenvalue weighted by atomic mass is 10.2. The first-order valence-corrected chi connectivity index (χ1v) is 3.98. The molecular formula is C9H11ClNO2+. The molecule has 0 atom stereocenters. The van der Waals surface area contributed by atoms with E-state index in [4.69, 9.17) is 22.4 Å².